The van der Waals surface area contributed by atoms with Crippen molar-refractivity contribution >= 4 is 5.97 Å². The Kier molecular flexibility index (Phi) is 7.61. The van der Waals surface area contributed by atoms with E-state index in [1.807, 2.05) is 54.6 Å². The fourth-order valence-electron chi connectivity index (χ4n) is 4.34. The van der Waals surface area contributed by atoms with Crippen molar-refractivity contribution in [1.82, 2.24) is 4.90 Å². The van der Waals surface area contributed by atoms with Gasteiger partial charge in [-0.2, -0.15) is 5.26 Å². The molecule has 5 heteroatoms. The quantitative estimate of drug-likeness (QED) is 0.329. The molecule has 0 aromatic heterocycles. The summed E-state index contributed by atoms with van der Waals surface area (Å²) in [4.78, 5) is 15.6. The number of carbonyl (C=O) groups is 1. The summed E-state index contributed by atoms with van der Waals surface area (Å²) < 4.78 is 11.8. The molecule has 0 radical (unpaired) electrons. The molecule has 0 N–H and O–H groups in total. The molecule has 0 aliphatic carbocycles. The van der Waals surface area contributed by atoms with Crippen molar-refractivity contribution in [2.75, 3.05) is 13.1 Å². The van der Waals surface area contributed by atoms with E-state index in [1.165, 1.54) is 0 Å². The maximum atomic E-state index is 13.3. The number of carbonyl (C=O) groups excluding carboxylic acids is 1. The Bertz CT molecular complexity index is 1160. The van der Waals surface area contributed by atoms with Crippen molar-refractivity contribution in [1.29, 1.82) is 5.26 Å². The van der Waals surface area contributed by atoms with Crippen molar-refractivity contribution in [3.63, 3.8) is 0 Å². The van der Waals surface area contributed by atoms with Crippen LogP contribution in [-0.4, -0.2) is 24.0 Å². The van der Waals surface area contributed by atoms with Gasteiger partial charge in [-0.25, -0.2) is 4.79 Å². The lowest BCUT2D eigenvalue weighted by molar-refractivity contribution is 0.0728. The largest absolute Gasteiger partial charge is 0.488 e. The molecule has 3 aromatic carbocycles. The lowest BCUT2D eigenvalue weighted by atomic mass is 9.94. The average Bonchev–Trinajstić information content (AvgIpc) is 2.85. The number of rotatable bonds is 7. The smallest absolute Gasteiger partial charge is 0.347 e. The fourth-order valence-corrected chi connectivity index (χ4v) is 4.34. The van der Waals surface area contributed by atoms with Gasteiger partial charge in [0.1, 0.15) is 23.7 Å². The van der Waals surface area contributed by atoms with E-state index in [1.54, 1.807) is 19.1 Å². The maximum absolute atomic E-state index is 13.3. The van der Waals surface area contributed by atoms with E-state index in [0.717, 1.165) is 43.0 Å². The standard InChI is InChI=1S/C29H30N2O3/c1-21-13-15-31(16-14-21)19-24-17-27(33-20-23-9-5-3-6-10-23)28(22(2)26(24)18-30)29(32)34-25-11-7-4-8-12-25/h3-12,17,21H,13-16,19-20H2,1-2H3. The highest BCUT2D eigenvalue weighted by atomic mass is 16.5. The average molecular weight is 455 g/mol. The summed E-state index contributed by atoms with van der Waals surface area (Å²) in [5.74, 6) is 1.10. The SMILES string of the molecule is Cc1c(C#N)c(CN2CCC(C)CC2)cc(OCc2ccccc2)c1C(=O)Oc1ccccc1. The lowest BCUT2D eigenvalue weighted by Gasteiger charge is -2.30. The van der Waals surface area contributed by atoms with Gasteiger partial charge in [0.2, 0.25) is 0 Å². The topological polar surface area (TPSA) is 62.6 Å². The van der Waals surface area contributed by atoms with Crippen LogP contribution in [0, 0.1) is 24.2 Å². The number of nitriles is 1. The minimum absolute atomic E-state index is 0.298. The second-order valence-corrected chi connectivity index (χ2v) is 8.96. The van der Waals surface area contributed by atoms with E-state index < -0.39 is 5.97 Å². The van der Waals surface area contributed by atoms with E-state index in [0.29, 0.717) is 41.3 Å². The van der Waals surface area contributed by atoms with Crippen LogP contribution < -0.4 is 9.47 Å². The van der Waals surface area contributed by atoms with Gasteiger partial charge in [-0.3, -0.25) is 4.90 Å². The number of para-hydroxylation sites is 1. The Morgan fingerprint density at radius 1 is 1.06 bits per heavy atom. The first-order chi connectivity index (χ1) is 16.5. The molecule has 1 aliphatic rings. The number of esters is 1. The Hall–Kier alpha value is -3.62. The second kappa shape index (κ2) is 11.0. The summed E-state index contributed by atoms with van der Waals surface area (Å²) >= 11 is 0. The van der Waals surface area contributed by atoms with Crippen LogP contribution in [0.3, 0.4) is 0 Å². The summed E-state index contributed by atoms with van der Waals surface area (Å²) in [6.07, 6.45) is 2.30. The van der Waals surface area contributed by atoms with Crippen molar-refractivity contribution in [2.45, 2.75) is 39.8 Å². The highest BCUT2D eigenvalue weighted by molar-refractivity contribution is 5.96. The molecule has 34 heavy (non-hydrogen) atoms. The molecule has 0 atom stereocenters. The van der Waals surface area contributed by atoms with Crippen LogP contribution in [0.2, 0.25) is 0 Å². The number of piperidine rings is 1. The zero-order valence-electron chi connectivity index (χ0n) is 19.8. The van der Waals surface area contributed by atoms with Crippen LogP contribution in [0.5, 0.6) is 11.5 Å². The summed E-state index contributed by atoms with van der Waals surface area (Å²) in [7, 11) is 0. The zero-order chi connectivity index (χ0) is 23.9. The minimum atomic E-state index is -0.526. The van der Waals surface area contributed by atoms with E-state index >= 15 is 0 Å². The predicted molar refractivity (Wildman–Crippen MR) is 132 cm³/mol. The Morgan fingerprint density at radius 2 is 1.71 bits per heavy atom. The number of hydrogen-bond donors (Lipinski definition) is 0. The third kappa shape index (κ3) is 5.65. The number of hydrogen-bond acceptors (Lipinski definition) is 5. The molecule has 0 spiro atoms. The van der Waals surface area contributed by atoms with Gasteiger partial charge < -0.3 is 9.47 Å². The summed E-state index contributed by atoms with van der Waals surface area (Å²) in [5.41, 5.74) is 3.29. The third-order valence-corrected chi connectivity index (χ3v) is 6.40. The monoisotopic (exact) mass is 454 g/mol. The van der Waals surface area contributed by atoms with Crippen LogP contribution in [0.4, 0.5) is 0 Å². The van der Waals surface area contributed by atoms with Gasteiger partial charge in [-0.1, -0.05) is 55.5 Å². The molecule has 5 nitrogen and oxygen atoms in total. The molecular weight excluding hydrogens is 424 g/mol. The summed E-state index contributed by atoms with van der Waals surface area (Å²) in [6.45, 7) is 7.07. The summed E-state index contributed by atoms with van der Waals surface area (Å²) in [5, 5.41) is 10.0. The van der Waals surface area contributed by atoms with Crippen molar-refractivity contribution in [3.8, 4) is 17.6 Å². The van der Waals surface area contributed by atoms with Crippen LogP contribution in [0.25, 0.3) is 0 Å². The molecule has 0 bridgehead atoms. The number of benzene rings is 3. The first kappa shape index (κ1) is 23.5. The molecule has 1 aliphatic heterocycles. The molecule has 1 saturated heterocycles. The molecule has 4 rings (SSSR count). The van der Waals surface area contributed by atoms with E-state index in [4.69, 9.17) is 9.47 Å². The first-order valence-corrected chi connectivity index (χ1v) is 11.8. The Labute approximate surface area is 201 Å². The van der Waals surface area contributed by atoms with Gasteiger partial charge in [0, 0.05) is 6.54 Å². The van der Waals surface area contributed by atoms with Crippen molar-refractivity contribution in [2.24, 2.45) is 5.92 Å². The zero-order valence-corrected chi connectivity index (χ0v) is 19.8. The molecule has 0 amide bonds. The molecule has 1 fully saturated rings. The lowest BCUT2D eigenvalue weighted by Crippen LogP contribution is -2.32. The van der Waals surface area contributed by atoms with E-state index in [-0.39, 0.29) is 0 Å². The summed E-state index contributed by atoms with van der Waals surface area (Å²) in [6, 6.07) is 23.0. The van der Waals surface area contributed by atoms with Gasteiger partial charge in [0.05, 0.1) is 11.6 Å². The van der Waals surface area contributed by atoms with Crippen LogP contribution >= 0.6 is 0 Å². The van der Waals surface area contributed by atoms with E-state index in [2.05, 4.69) is 17.9 Å². The van der Waals surface area contributed by atoms with E-state index in [9.17, 15) is 10.1 Å². The normalized spacial score (nSPS) is 14.4. The number of nitrogens with zero attached hydrogens (tertiary/aromatic N) is 2. The molecular formula is C29H30N2O3. The van der Waals surface area contributed by atoms with Gasteiger partial charge in [-0.05, 0) is 73.7 Å². The van der Waals surface area contributed by atoms with Gasteiger partial charge >= 0.3 is 5.97 Å². The van der Waals surface area contributed by atoms with Gasteiger partial charge in [0.25, 0.3) is 0 Å². The molecule has 1 heterocycles. The van der Waals surface area contributed by atoms with Crippen LogP contribution in [0.15, 0.2) is 66.7 Å². The number of likely N-dealkylation sites (tertiary alicyclic amines) is 1. The van der Waals surface area contributed by atoms with Crippen LogP contribution in [-0.2, 0) is 13.2 Å². The van der Waals surface area contributed by atoms with Crippen molar-refractivity contribution in [3.05, 3.63) is 94.5 Å². The van der Waals surface area contributed by atoms with Crippen LogP contribution in [0.1, 0.15) is 52.4 Å². The first-order valence-electron chi connectivity index (χ1n) is 11.8. The highest BCUT2D eigenvalue weighted by Crippen LogP contribution is 2.32. The fraction of sp³-hybridized carbons (Fsp3) is 0.310. The van der Waals surface area contributed by atoms with Gasteiger partial charge in [0.15, 0.2) is 0 Å². The third-order valence-electron chi connectivity index (χ3n) is 6.40. The highest BCUT2D eigenvalue weighted by Gasteiger charge is 2.25. The minimum Gasteiger partial charge on any atom is -0.488 e. The predicted octanol–water partition coefficient (Wildman–Crippen LogP) is 5.90. The molecule has 174 valence electrons. The Balaban J connectivity index is 1.68. The molecule has 3 aromatic rings. The number of ether oxygens (including phenoxy) is 2. The molecule has 0 unspecified atom stereocenters. The maximum Gasteiger partial charge on any atom is 0.347 e. The van der Waals surface area contributed by atoms with Gasteiger partial charge in [-0.15, -0.1) is 0 Å². The Morgan fingerprint density at radius 3 is 2.35 bits per heavy atom. The second-order valence-electron chi connectivity index (χ2n) is 8.96. The molecule has 0 saturated carbocycles. The van der Waals surface area contributed by atoms with Crippen molar-refractivity contribution < 1.29 is 14.3 Å².